The van der Waals surface area contributed by atoms with Crippen LogP contribution in [-0.2, 0) is 14.3 Å². The lowest BCUT2D eigenvalue weighted by atomic mass is 9.95. The number of amides is 1. The number of halogens is 1. The predicted octanol–water partition coefficient (Wildman–Crippen LogP) is 3.92. The first-order valence-electron chi connectivity index (χ1n) is 9.89. The van der Waals surface area contributed by atoms with E-state index in [9.17, 15) is 9.59 Å². The van der Waals surface area contributed by atoms with Crippen LogP contribution in [0.4, 0.5) is 5.69 Å². The van der Waals surface area contributed by atoms with Crippen LogP contribution in [0.25, 0.3) is 0 Å². The zero-order valence-corrected chi connectivity index (χ0v) is 19.5. The van der Waals surface area contributed by atoms with Gasteiger partial charge in [-0.15, -0.1) is 0 Å². The zero-order valence-electron chi connectivity index (χ0n) is 18.0. The fourth-order valence-electron chi connectivity index (χ4n) is 3.27. The molecular weight excluding hydrogens is 450 g/mol. The number of carbonyl (C=O) groups excluding carboxylic acids is 2. The third-order valence-corrected chi connectivity index (χ3v) is 5.69. The van der Waals surface area contributed by atoms with Crippen LogP contribution < -0.4 is 10.6 Å². The molecule has 2 N–H and O–H groups in total. The van der Waals surface area contributed by atoms with Crippen LogP contribution in [0.2, 0.25) is 5.02 Å². The van der Waals surface area contributed by atoms with Crippen molar-refractivity contribution in [2.45, 2.75) is 13.0 Å². The van der Waals surface area contributed by atoms with Gasteiger partial charge in [0, 0.05) is 36.1 Å². The summed E-state index contributed by atoms with van der Waals surface area (Å²) in [4.78, 5) is 27.2. The van der Waals surface area contributed by atoms with Crippen molar-refractivity contribution in [3.63, 3.8) is 0 Å². The van der Waals surface area contributed by atoms with Crippen LogP contribution in [-0.4, -0.2) is 49.3 Å². The standard InChI is InChI=1S/C23H24ClN3O4S/c1-14-19(22(29)31-11-10-30-3)20(26-23(32)27(14)2)15-6-5-9-18(13-15)25-21(28)16-7-4-8-17(24)12-16/h4-9,12-13,20H,10-11H2,1-3H3,(H,25,28)(H,26,32). The van der Waals surface area contributed by atoms with Crippen molar-refractivity contribution in [2.75, 3.05) is 32.7 Å². The van der Waals surface area contributed by atoms with Gasteiger partial charge in [-0.1, -0.05) is 29.8 Å². The summed E-state index contributed by atoms with van der Waals surface area (Å²) in [5.74, 6) is -0.748. The molecule has 1 aliphatic rings. The van der Waals surface area contributed by atoms with Gasteiger partial charge in [-0.25, -0.2) is 4.79 Å². The maximum absolute atomic E-state index is 12.9. The largest absolute Gasteiger partial charge is 0.460 e. The van der Waals surface area contributed by atoms with Gasteiger partial charge in [-0.2, -0.15) is 0 Å². The SMILES string of the molecule is COCCOC(=O)C1=C(C)N(C)C(=S)NC1c1cccc(NC(=O)c2cccc(Cl)c2)c1. The van der Waals surface area contributed by atoms with E-state index in [4.69, 9.17) is 33.3 Å². The van der Waals surface area contributed by atoms with Crippen LogP contribution in [0.15, 0.2) is 59.8 Å². The molecule has 1 unspecified atom stereocenters. The number of carbonyl (C=O) groups is 2. The van der Waals surface area contributed by atoms with Crippen molar-refractivity contribution in [1.29, 1.82) is 0 Å². The Morgan fingerprint density at radius 2 is 1.94 bits per heavy atom. The molecule has 0 spiro atoms. The molecule has 0 saturated carbocycles. The molecule has 1 atom stereocenters. The molecule has 0 aliphatic carbocycles. The first kappa shape index (κ1) is 23.7. The fourth-order valence-corrected chi connectivity index (χ4v) is 3.72. The van der Waals surface area contributed by atoms with Crippen LogP contribution in [0.1, 0.15) is 28.9 Å². The van der Waals surface area contributed by atoms with E-state index in [2.05, 4.69) is 10.6 Å². The molecule has 0 aromatic heterocycles. The summed E-state index contributed by atoms with van der Waals surface area (Å²) in [7, 11) is 3.32. The summed E-state index contributed by atoms with van der Waals surface area (Å²) in [6.45, 7) is 2.26. The molecule has 0 fully saturated rings. The molecule has 9 heteroatoms. The lowest BCUT2D eigenvalue weighted by Gasteiger charge is -2.35. The van der Waals surface area contributed by atoms with Crippen molar-refractivity contribution in [1.82, 2.24) is 10.2 Å². The Labute approximate surface area is 197 Å². The van der Waals surface area contributed by atoms with Crippen molar-refractivity contribution in [3.05, 3.63) is 76.0 Å². The molecular formula is C23H24ClN3O4S. The summed E-state index contributed by atoms with van der Waals surface area (Å²) in [5, 5.41) is 7.02. The molecule has 3 rings (SSSR count). The highest BCUT2D eigenvalue weighted by Crippen LogP contribution is 2.32. The average Bonchev–Trinajstić information content (AvgIpc) is 2.77. The van der Waals surface area contributed by atoms with Crippen molar-refractivity contribution in [3.8, 4) is 0 Å². The first-order valence-corrected chi connectivity index (χ1v) is 10.7. The molecule has 0 radical (unpaired) electrons. The Bertz CT molecular complexity index is 1070. The highest BCUT2D eigenvalue weighted by atomic mass is 35.5. The van der Waals surface area contributed by atoms with E-state index in [1.165, 1.54) is 0 Å². The van der Waals surface area contributed by atoms with Gasteiger partial charge in [0.2, 0.25) is 0 Å². The third kappa shape index (κ3) is 5.45. The second-order valence-corrected chi connectivity index (χ2v) is 7.98. The molecule has 0 saturated heterocycles. The predicted molar refractivity (Wildman–Crippen MR) is 128 cm³/mol. The normalized spacial score (nSPS) is 15.9. The smallest absolute Gasteiger partial charge is 0.338 e. The highest BCUT2D eigenvalue weighted by Gasteiger charge is 2.33. The van der Waals surface area contributed by atoms with Gasteiger partial charge < -0.3 is 25.0 Å². The van der Waals surface area contributed by atoms with Crippen LogP contribution in [0.3, 0.4) is 0 Å². The molecule has 0 bridgehead atoms. The molecule has 168 valence electrons. The summed E-state index contributed by atoms with van der Waals surface area (Å²) in [6.07, 6.45) is 0. The lowest BCUT2D eigenvalue weighted by Crippen LogP contribution is -2.46. The van der Waals surface area contributed by atoms with Gasteiger partial charge >= 0.3 is 5.97 Å². The van der Waals surface area contributed by atoms with E-state index in [-0.39, 0.29) is 12.5 Å². The summed E-state index contributed by atoms with van der Waals surface area (Å²) in [5.41, 5.74) is 2.90. The number of methoxy groups -OCH3 is 1. The van der Waals surface area contributed by atoms with Gasteiger partial charge in [0.15, 0.2) is 5.11 Å². The fraction of sp³-hybridized carbons (Fsp3) is 0.261. The number of nitrogens with zero attached hydrogens (tertiary/aromatic N) is 1. The number of hydrogen-bond acceptors (Lipinski definition) is 5. The Morgan fingerprint density at radius 1 is 1.19 bits per heavy atom. The first-order chi connectivity index (χ1) is 15.3. The lowest BCUT2D eigenvalue weighted by molar-refractivity contribution is -0.140. The monoisotopic (exact) mass is 473 g/mol. The second-order valence-electron chi connectivity index (χ2n) is 7.16. The number of hydrogen-bond donors (Lipinski definition) is 2. The Balaban J connectivity index is 1.88. The maximum Gasteiger partial charge on any atom is 0.338 e. The van der Waals surface area contributed by atoms with Crippen molar-refractivity contribution >= 4 is 46.5 Å². The minimum absolute atomic E-state index is 0.142. The van der Waals surface area contributed by atoms with Crippen molar-refractivity contribution in [2.24, 2.45) is 0 Å². The van der Waals surface area contributed by atoms with Gasteiger partial charge in [0.05, 0.1) is 18.2 Å². The molecule has 1 aliphatic heterocycles. The van der Waals surface area contributed by atoms with Gasteiger partial charge in [0.1, 0.15) is 6.61 Å². The van der Waals surface area contributed by atoms with E-state index in [0.717, 1.165) is 5.56 Å². The molecule has 2 aromatic carbocycles. The van der Waals surface area contributed by atoms with E-state index < -0.39 is 12.0 Å². The summed E-state index contributed by atoms with van der Waals surface area (Å²) < 4.78 is 10.3. The molecule has 1 heterocycles. The molecule has 2 aromatic rings. The van der Waals surface area contributed by atoms with Gasteiger partial charge in [0.25, 0.3) is 5.91 Å². The molecule has 7 nitrogen and oxygen atoms in total. The number of allylic oxidation sites excluding steroid dienone is 1. The van der Waals surface area contributed by atoms with Gasteiger partial charge in [-0.05, 0) is 55.0 Å². The second kappa shape index (κ2) is 10.6. The Kier molecular flexibility index (Phi) is 7.84. The Morgan fingerprint density at radius 3 is 2.66 bits per heavy atom. The quantitative estimate of drug-likeness (QED) is 0.358. The Hall–Kier alpha value is -2.94. The van der Waals surface area contributed by atoms with E-state index in [0.29, 0.717) is 39.3 Å². The third-order valence-electron chi connectivity index (χ3n) is 5.06. The van der Waals surface area contributed by atoms with E-state index in [1.54, 1.807) is 61.5 Å². The average molecular weight is 474 g/mol. The number of nitrogens with one attached hydrogen (secondary N) is 2. The molecule has 32 heavy (non-hydrogen) atoms. The van der Waals surface area contributed by atoms with Crippen LogP contribution in [0, 0.1) is 0 Å². The van der Waals surface area contributed by atoms with Crippen LogP contribution in [0.5, 0.6) is 0 Å². The van der Waals surface area contributed by atoms with Crippen molar-refractivity contribution < 1.29 is 19.1 Å². The zero-order chi connectivity index (χ0) is 23.3. The number of esters is 1. The van der Waals surface area contributed by atoms with Gasteiger partial charge in [-0.3, -0.25) is 4.79 Å². The number of rotatable bonds is 7. The number of thiocarbonyl (C=S) groups is 1. The minimum Gasteiger partial charge on any atom is -0.460 e. The van der Waals surface area contributed by atoms with E-state index >= 15 is 0 Å². The summed E-state index contributed by atoms with van der Waals surface area (Å²) in [6, 6.07) is 13.4. The minimum atomic E-state index is -0.531. The number of anilines is 1. The van der Waals surface area contributed by atoms with Crippen LogP contribution >= 0.6 is 23.8 Å². The maximum atomic E-state index is 12.9. The highest BCUT2D eigenvalue weighted by molar-refractivity contribution is 7.80. The number of ether oxygens (including phenoxy) is 2. The topological polar surface area (TPSA) is 79.9 Å². The molecule has 1 amide bonds. The number of benzene rings is 2. The van der Waals surface area contributed by atoms with E-state index in [1.807, 2.05) is 13.0 Å². The summed E-state index contributed by atoms with van der Waals surface area (Å²) >= 11 is 11.4.